The van der Waals surface area contributed by atoms with Crippen LogP contribution in [0.4, 0.5) is 0 Å². The smallest absolute Gasteiger partial charge is 0.00227 e. The molecular weight excluding hydrogens is 240 g/mol. The molecule has 100 valence electrons. The zero-order valence-electron chi connectivity index (χ0n) is 11.7. The molecule has 0 bridgehead atoms. The minimum absolute atomic E-state index is 0.760. The van der Waals surface area contributed by atoms with E-state index in [1.165, 1.54) is 12.8 Å². The first kappa shape index (κ1) is 10.4. The molecule has 0 unspecified atom stereocenters. The van der Waals surface area contributed by atoms with Gasteiger partial charge in [0, 0.05) is 11.8 Å². The van der Waals surface area contributed by atoms with Crippen molar-refractivity contribution in [3.05, 3.63) is 59.8 Å². The Balaban J connectivity index is 1.48. The Morgan fingerprint density at radius 3 is 1.50 bits per heavy atom. The van der Waals surface area contributed by atoms with Crippen molar-refractivity contribution >= 4 is 0 Å². The first-order chi connectivity index (χ1) is 9.90. The normalized spacial score (nSPS) is 59.2. The van der Waals surface area contributed by atoms with E-state index in [1.54, 1.807) is 0 Å². The van der Waals surface area contributed by atoms with Crippen molar-refractivity contribution in [2.45, 2.75) is 12.8 Å². The van der Waals surface area contributed by atoms with Gasteiger partial charge in [0.25, 0.3) is 0 Å². The van der Waals surface area contributed by atoms with Crippen LogP contribution in [0.15, 0.2) is 59.8 Å². The third-order valence-electron chi connectivity index (χ3n) is 7.08. The van der Waals surface area contributed by atoms with Gasteiger partial charge >= 0.3 is 0 Å². The summed E-state index contributed by atoms with van der Waals surface area (Å²) in [4.78, 5) is 0. The van der Waals surface area contributed by atoms with E-state index in [9.17, 15) is 0 Å². The van der Waals surface area contributed by atoms with Crippen molar-refractivity contribution in [2.24, 2.45) is 47.3 Å². The molecule has 0 radical (unpaired) electrons. The Morgan fingerprint density at radius 2 is 1.00 bits per heavy atom. The minimum atomic E-state index is 0.760. The van der Waals surface area contributed by atoms with Gasteiger partial charge in [-0.3, -0.25) is 0 Å². The van der Waals surface area contributed by atoms with Crippen molar-refractivity contribution in [1.82, 2.24) is 0 Å². The monoisotopic (exact) mass is 260 g/mol. The van der Waals surface area contributed by atoms with Gasteiger partial charge in [-0.15, -0.1) is 0 Å². The topological polar surface area (TPSA) is 0 Å². The molecule has 0 aromatic heterocycles. The van der Waals surface area contributed by atoms with Gasteiger partial charge in [0.15, 0.2) is 0 Å². The van der Waals surface area contributed by atoms with Gasteiger partial charge in [-0.05, 0) is 48.3 Å². The zero-order valence-corrected chi connectivity index (χ0v) is 11.7. The molecule has 0 aromatic rings. The van der Waals surface area contributed by atoms with Crippen LogP contribution in [0.2, 0.25) is 0 Å². The van der Waals surface area contributed by atoms with Gasteiger partial charge in [0.2, 0.25) is 0 Å². The van der Waals surface area contributed by atoms with Crippen LogP contribution in [-0.4, -0.2) is 0 Å². The number of hydrogen-bond donors (Lipinski definition) is 0. The summed E-state index contributed by atoms with van der Waals surface area (Å²) < 4.78 is 0. The molecule has 6 rings (SSSR count). The summed E-state index contributed by atoms with van der Waals surface area (Å²) >= 11 is 0. The average molecular weight is 260 g/mol. The molecule has 2 saturated carbocycles. The van der Waals surface area contributed by atoms with Crippen LogP contribution in [0.3, 0.4) is 0 Å². The average Bonchev–Trinajstić information content (AvgIpc) is 3.18. The Kier molecular flexibility index (Phi) is 1.72. The maximum atomic E-state index is 2.54. The van der Waals surface area contributed by atoms with Gasteiger partial charge < -0.3 is 0 Å². The largest absolute Gasteiger partial charge is 0.0842 e. The second-order valence-electron chi connectivity index (χ2n) is 7.69. The predicted molar refractivity (Wildman–Crippen MR) is 80.7 cm³/mol. The van der Waals surface area contributed by atoms with Gasteiger partial charge in [-0.25, -0.2) is 0 Å². The lowest BCUT2D eigenvalue weighted by atomic mass is 9.85. The lowest BCUT2D eigenvalue weighted by molar-refractivity contribution is 0.402. The maximum Gasteiger partial charge on any atom is 0.00227 e. The highest BCUT2D eigenvalue weighted by atomic mass is 14.6. The SMILES string of the molecule is C1=C[C@@H]2C/C(=C3/C[C@@H]4C=C[C@@H]5C=C[C@@H]3[C@H]54)[C@H]3C=C[C@H]1[C@H]23. The Hall–Kier alpha value is -1.30. The van der Waals surface area contributed by atoms with Gasteiger partial charge in [0.05, 0.1) is 0 Å². The van der Waals surface area contributed by atoms with Crippen LogP contribution < -0.4 is 0 Å². The van der Waals surface area contributed by atoms with Crippen LogP contribution in [0.1, 0.15) is 12.8 Å². The first-order valence-electron chi connectivity index (χ1n) is 8.35. The van der Waals surface area contributed by atoms with E-state index in [0.717, 1.165) is 47.3 Å². The molecule has 0 N–H and O–H groups in total. The highest BCUT2D eigenvalue weighted by molar-refractivity contribution is 5.44. The zero-order chi connectivity index (χ0) is 12.8. The molecular formula is C20H20. The second kappa shape index (κ2) is 3.30. The molecule has 0 saturated heterocycles. The third-order valence-corrected chi connectivity index (χ3v) is 7.08. The van der Waals surface area contributed by atoms with Crippen molar-refractivity contribution in [3.8, 4) is 0 Å². The summed E-state index contributed by atoms with van der Waals surface area (Å²) in [6, 6.07) is 0. The Morgan fingerprint density at radius 1 is 0.550 bits per heavy atom. The highest BCUT2D eigenvalue weighted by Crippen LogP contribution is 2.61. The summed E-state index contributed by atoms with van der Waals surface area (Å²) in [6.45, 7) is 0. The molecule has 0 spiro atoms. The molecule has 20 heavy (non-hydrogen) atoms. The fraction of sp³-hybridized carbons (Fsp3) is 0.500. The van der Waals surface area contributed by atoms with E-state index in [1.807, 2.05) is 11.1 Å². The fourth-order valence-electron chi connectivity index (χ4n) is 6.35. The maximum absolute atomic E-state index is 2.54. The lowest BCUT2D eigenvalue weighted by Gasteiger charge is -2.19. The molecule has 8 atom stereocenters. The van der Waals surface area contributed by atoms with Crippen molar-refractivity contribution in [1.29, 1.82) is 0 Å². The first-order valence-corrected chi connectivity index (χ1v) is 8.35. The highest BCUT2D eigenvalue weighted by Gasteiger charge is 2.51. The summed E-state index contributed by atoms with van der Waals surface area (Å²) in [7, 11) is 0. The van der Waals surface area contributed by atoms with Crippen molar-refractivity contribution in [3.63, 3.8) is 0 Å². The summed E-state index contributed by atoms with van der Waals surface area (Å²) in [6.07, 6.45) is 22.7. The van der Waals surface area contributed by atoms with Crippen molar-refractivity contribution < 1.29 is 0 Å². The molecule has 2 fully saturated rings. The molecule has 0 nitrogen and oxygen atoms in total. The van der Waals surface area contributed by atoms with E-state index in [-0.39, 0.29) is 0 Å². The third kappa shape index (κ3) is 1.05. The standard InChI is InChI=1S/C20H20/c1-3-13-9-17(15-7-5-11(1)19(13)15)18-10-14-4-2-12-6-8-16(18)20(12)14/h1-8,11-16,19-20H,9-10H2/b18-17+/t11-,12+,13+,14-,15+,16-,19-,20-/m1/s1. The van der Waals surface area contributed by atoms with E-state index in [4.69, 9.17) is 0 Å². The molecule has 0 heterocycles. The Labute approximate surface area is 120 Å². The fourth-order valence-corrected chi connectivity index (χ4v) is 6.35. The number of allylic oxidation sites excluding steroid dienone is 10. The van der Waals surface area contributed by atoms with Gasteiger partial charge in [-0.1, -0.05) is 59.8 Å². The van der Waals surface area contributed by atoms with Gasteiger partial charge in [-0.2, -0.15) is 0 Å². The predicted octanol–water partition coefficient (Wildman–Crippen LogP) is 4.30. The quantitative estimate of drug-likeness (QED) is 0.570. The molecule has 0 aliphatic heterocycles. The number of rotatable bonds is 0. The van der Waals surface area contributed by atoms with E-state index < -0.39 is 0 Å². The van der Waals surface area contributed by atoms with Gasteiger partial charge in [0.1, 0.15) is 0 Å². The molecule has 6 aliphatic rings. The molecule has 0 heteroatoms. The molecule has 6 aliphatic carbocycles. The van der Waals surface area contributed by atoms with Crippen LogP contribution in [-0.2, 0) is 0 Å². The summed E-state index contributed by atoms with van der Waals surface area (Å²) in [5, 5.41) is 0. The summed E-state index contributed by atoms with van der Waals surface area (Å²) in [5.74, 6) is 6.57. The van der Waals surface area contributed by atoms with Crippen LogP contribution in [0, 0.1) is 47.3 Å². The van der Waals surface area contributed by atoms with Crippen LogP contribution in [0.25, 0.3) is 0 Å². The minimum Gasteiger partial charge on any atom is -0.0842 e. The lowest BCUT2D eigenvalue weighted by Crippen LogP contribution is -2.12. The van der Waals surface area contributed by atoms with Crippen LogP contribution in [0.5, 0.6) is 0 Å². The summed E-state index contributed by atoms with van der Waals surface area (Å²) in [5.41, 5.74) is 3.70. The molecule has 0 aromatic carbocycles. The number of hydrogen-bond acceptors (Lipinski definition) is 0. The Bertz CT molecular complexity index is 585. The van der Waals surface area contributed by atoms with E-state index in [0.29, 0.717) is 0 Å². The molecule has 0 amide bonds. The van der Waals surface area contributed by atoms with Crippen LogP contribution >= 0.6 is 0 Å². The van der Waals surface area contributed by atoms with Crippen molar-refractivity contribution in [2.75, 3.05) is 0 Å². The second-order valence-corrected chi connectivity index (χ2v) is 7.69. The van der Waals surface area contributed by atoms with E-state index in [2.05, 4.69) is 48.6 Å². The van der Waals surface area contributed by atoms with E-state index >= 15 is 0 Å².